The number of halogens is 6. The maximum Gasteiger partial charge on any atom is 0.416 e. The summed E-state index contributed by atoms with van der Waals surface area (Å²) in [4.78, 5) is 17.9. The molecule has 4 nitrogen and oxygen atoms in total. The number of hydrogen-bond donors (Lipinski definition) is 1. The molecule has 0 aliphatic carbocycles. The fraction of sp³-hybridized carbons (Fsp3) is 0.133. The van der Waals surface area contributed by atoms with Crippen LogP contribution in [0, 0.1) is 0 Å². The van der Waals surface area contributed by atoms with Crippen LogP contribution in [0.3, 0.4) is 0 Å². The number of aliphatic carboxylic acids is 1. The van der Waals surface area contributed by atoms with Crippen LogP contribution in [0.4, 0.5) is 26.3 Å². The average molecular weight is 362 g/mol. The van der Waals surface area contributed by atoms with Crippen molar-refractivity contribution in [2.24, 2.45) is 0 Å². The number of nitrogens with zero attached hydrogens (tertiary/aromatic N) is 2. The van der Waals surface area contributed by atoms with E-state index in [1.165, 1.54) is 0 Å². The molecule has 2 rings (SSSR count). The van der Waals surface area contributed by atoms with Crippen LogP contribution in [0.15, 0.2) is 36.7 Å². The summed E-state index contributed by atoms with van der Waals surface area (Å²) in [5.41, 5.74) is -3.70. The van der Waals surface area contributed by atoms with E-state index in [0.717, 1.165) is 18.5 Å². The highest BCUT2D eigenvalue weighted by Crippen LogP contribution is 2.38. The summed E-state index contributed by atoms with van der Waals surface area (Å²) < 4.78 is 77.2. The van der Waals surface area contributed by atoms with Crippen molar-refractivity contribution >= 4 is 12.0 Å². The zero-order valence-corrected chi connectivity index (χ0v) is 12.1. The first kappa shape index (κ1) is 18.4. The van der Waals surface area contributed by atoms with Gasteiger partial charge in [0, 0.05) is 11.6 Å². The Morgan fingerprint density at radius 2 is 1.52 bits per heavy atom. The van der Waals surface area contributed by atoms with Crippen LogP contribution in [0.25, 0.3) is 17.3 Å². The van der Waals surface area contributed by atoms with E-state index in [-0.39, 0.29) is 17.5 Å². The van der Waals surface area contributed by atoms with Crippen LogP contribution < -0.4 is 0 Å². The smallest absolute Gasteiger partial charge is 0.416 e. The topological polar surface area (TPSA) is 63.1 Å². The minimum atomic E-state index is -4.98. The summed E-state index contributed by atoms with van der Waals surface area (Å²) >= 11 is 0. The maximum atomic E-state index is 12.9. The molecule has 0 fully saturated rings. The first-order valence-corrected chi connectivity index (χ1v) is 6.50. The molecule has 0 bridgehead atoms. The molecule has 1 aromatic carbocycles. The number of carboxylic acids is 1. The van der Waals surface area contributed by atoms with E-state index in [1.54, 1.807) is 0 Å². The minimum absolute atomic E-state index is 0.00507. The van der Waals surface area contributed by atoms with Crippen LogP contribution >= 0.6 is 0 Å². The van der Waals surface area contributed by atoms with E-state index in [4.69, 9.17) is 5.11 Å². The van der Waals surface area contributed by atoms with E-state index < -0.39 is 35.0 Å². The molecule has 0 atom stereocenters. The largest absolute Gasteiger partial charge is 0.478 e. The van der Waals surface area contributed by atoms with Gasteiger partial charge in [0.2, 0.25) is 0 Å². The van der Waals surface area contributed by atoms with Crippen LogP contribution in [0.5, 0.6) is 0 Å². The zero-order valence-electron chi connectivity index (χ0n) is 12.1. The highest BCUT2D eigenvalue weighted by Gasteiger charge is 2.37. The zero-order chi connectivity index (χ0) is 18.8. The molecule has 0 saturated carbocycles. The number of hydrogen-bond acceptors (Lipinski definition) is 3. The fourth-order valence-corrected chi connectivity index (χ4v) is 1.86. The van der Waals surface area contributed by atoms with Crippen LogP contribution in [-0.4, -0.2) is 21.0 Å². The molecule has 1 heterocycles. The molecule has 0 aliphatic heterocycles. The number of benzene rings is 1. The van der Waals surface area contributed by atoms with Crippen LogP contribution in [0.2, 0.25) is 0 Å². The van der Waals surface area contributed by atoms with E-state index in [2.05, 4.69) is 9.97 Å². The Hall–Kier alpha value is -2.91. The van der Waals surface area contributed by atoms with Crippen molar-refractivity contribution in [2.45, 2.75) is 12.4 Å². The quantitative estimate of drug-likeness (QED) is 0.654. The summed E-state index contributed by atoms with van der Waals surface area (Å²) in [6.45, 7) is 0. The normalized spacial score (nSPS) is 12.6. The SMILES string of the molecule is O=C(O)C=Cc1cncc(-c2cc(C(F)(F)F)cc(C(F)(F)F)c2)n1. The van der Waals surface area contributed by atoms with Crippen molar-refractivity contribution in [3.05, 3.63) is 53.5 Å². The van der Waals surface area contributed by atoms with Gasteiger partial charge in [-0.05, 0) is 24.3 Å². The van der Waals surface area contributed by atoms with Crippen molar-refractivity contribution in [3.63, 3.8) is 0 Å². The van der Waals surface area contributed by atoms with E-state index >= 15 is 0 Å². The van der Waals surface area contributed by atoms with Crippen molar-refractivity contribution in [2.75, 3.05) is 0 Å². The fourth-order valence-electron chi connectivity index (χ4n) is 1.86. The number of carbonyl (C=O) groups is 1. The lowest BCUT2D eigenvalue weighted by atomic mass is 10.0. The summed E-state index contributed by atoms with van der Waals surface area (Å²) in [6.07, 6.45) is -6.15. The van der Waals surface area contributed by atoms with Gasteiger partial charge in [-0.15, -0.1) is 0 Å². The van der Waals surface area contributed by atoms with Crippen molar-refractivity contribution in [3.8, 4) is 11.3 Å². The molecule has 10 heteroatoms. The van der Waals surface area contributed by atoms with E-state index in [9.17, 15) is 31.1 Å². The Labute approximate surface area is 136 Å². The lowest BCUT2D eigenvalue weighted by molar-refractivity contribution is -0.143. The molecule has 2 aromatic rings. The van der Waals surface area contributed by atoms with Crippen LogP contribution in [-0.2, 0) is 17.1 Å². The summed E-state index contributed by atoms with van der Waals surface area (Å²) in [7, 11) is 0. The molecule has 1 aromatic heterocycles. The molecule has 0 saturated heterocycles. The lowest BCUT2D eigenvalue weighted by Gasteiger charge is -2.14. The third-order valence-electron chi connectivity index (χ3n) is 2.93. The second-order valence-electron chi connectivity index (χ2n) is 4.80. The highest BCUT2D eigenvalue weighted by molar-refractivity contribution is 5.84. The number of aromatic nitrogens is 2. The second-order valence-corrected chi connectivity index (χ2v) is 4.80. The van der Waals surface area contributed by atoms with Gasteiger partial charge in [-0.2, -0.15) is 26.3 Å². The number of rotatable bonds is 3. The van der Waals surface area contributed by atoms with Gasteiger partial charge in [0.1, 0.15) is 0 Å². The molecule has 0 spiro atoms. The Bertz CT molecular complexity index is 795. The molecule has 1 N–H and O–H groups in total. The molecule has 25 heavy (non-hydrogen) atoms. The predicted octanol–water partition coefficient (Wildman–Crippen LogP) is 4.28. The first-order chi connectivity index (χ1) is 11.5. The lowest BCUT2D eigenvalue weighted by Crippen LogP contribution is -2.11. The third-order valence-corrected chi connectivity index (χ3v) is 2.93. The first-order valence-electron chi connectivity index (χ1n) is 6.50. The Morgan fingerprint density at radius 3 is 2.00 bits per heavy atom. The Kier molecular flexibility index (Phi) is 4.82. The minimum Gasteiger partial charge on any atom is -0.478 e. The van der Waals surface area contributed by atoms with Gasteiger partial charge in [-0.25, -0.2) is 9.78 Å². The average Bonchev–Trinajstić information content (AvgIpc) is 2.51. The van der Waals surface area contributed by atoms with Gasteiger partial charge in [0.05, 0.1) is 34.9 Å². The summed E-state index contributed by atoms with van der Waals surface area (Å²) in [6, 6.07) is 1.04. The van der Waals surface area contributed by atoms with Gasteiger partial charge in [-0.1, -0.05) is 0 Å². The van der Waals surface area contributed by atoms with Crippen LogP contribution in [0.1, 0.15) is 16.8 Å². The van der Waals surface area contributed by atoms with E-state index in [1.807, 2.05) is 0 Å². The molecule has 0 unspecified atom stereocenters. The standard InChI is InChI=1S/C15H8F6N2O2/c16-14(17,18)9-3-8(4-10(5-9)15(19,20)21)12-7-22-6-11(23-12)1-2-13(24)25/h1-7H,(H,24,25). The summed E-state index contributed by atoms with van der Waals surface area (Å²) in [5.74, 6) is -1.30. The molecule has 0 aliphatic rings. The molecule has 0 amide bonds. The van der Waals surface area contributed by atoms with Gasteiger partial charge in [0.25, 0.3) is 0 Å². The summed E-state index contributed by atoms with van der Waals surface area (Å²) in [5, 5.41) is 8.53. The van der Waals surface area contributed by atoms with E-state index in [0.29, 0.717) is 18.2 Å². The van der Waals surface area contributed by atoms with Gasteiger partial charge >= 0.3 is 18.3 Å². The van der Waals surface area contributed by atoms with Crippen molar-refractivity contribution in [1.29, 1.82) is 0 Å². The highest BCUT2D eigenvalue weighted by atomic mass is 19.4. The molecular weight excluding hydrogens is 354 g/mol. The van der Waals surface area contributed by atoms with Gasteiger partial charge < -0.3 is 5.11 Å². The molecular formula is C15H8F6N2O2. The van der Waals surface area contributed by atoms with Crippen molar-refractivity contribution < 1.29 is 36.2 Å². The number of alkyl halides is 6. The second kappa shape index (κ2) is 6.54. The predicted molar refractivity (Wildman–Crippen MR) is 74.1 cm³/mol. The number of carboxylic acid groups (broad SMARTS) is 1. The third kappa shape index (κ3) is 4.78. The maximum absolute atomic E-state index is 12.9. The Balaban J connectivity index is 2.58. The molecule has 132 valence electrons. The van der Waals surface area contributed by atoms with Gasteiger partial charge in [-0.3, -0.25) is 4.98 Å². The monoisotopic (exact) mass is 362 g/mol. The van der Waals surface area contributed by atoms with Crippen molar-refractivity contribution in [1.82, 2.24) is 9.97 Å². The Morgan fingerprint density at radius 1 is 0.960 bits per heavy atom. The van der Waals surface area contributed by atoms with Gasteiger partial charge in [0.15, 0.2) is 0 Å². The molecule has 0 radical (unpaired) electrons.